The molecule has 0 unspecified atom stereocenters. The van der Waals surface area contributed by atoms with E-state index >= 15 is 0 Å². The maximum Gasteiger partial charge on any atom is 0.323 e. The van der Waals surface area contributed by atoms with Crippen LogP contribution in [-0.2, 0) is 4.74 Å². The van der Waals surface area contributed by atoms with Gasteiger partial charge in [0.2, 0.25) is 0 Å². The summed E-state index contributed by atoms with van der Waals surface area (Å²) in [4.78, 5) is 30.3. The second kappa shape index (κ2) is 13.4. The van der Waals surface area contributed by atoms with E-state index in [2.05, 4.69) is 31.8 Å². The number of ether oxygens (including phenoxy) is 3. The van der Waals surface area contributed by atoms with Gasteiger partial charge in [0.1, 0.15) is 11.5 Å². The monoisotopic (exact) mass is 533 g/mol. The molecule has 1 aliphatic heterocycles. The largest absolute Gasteiger partial charge is 0.497 e. The number of urea groups is 1. The number of carbonyl (C=O) groups excluding carboxylic acids is 2. The molecule has 3 N–H and O–H groups in total. The summed E-state index contributed by atoms with van der Waals surface area (Å²) in [5, 5.41) is 8.52. The lowest BCUT2D eigenvalue weighted by atomic mass is 10.1. The van der Waals surface area contributed by atoms with E-state index in [4.69, 9.17) is 14.2 Å². The zero-order valence-electron chi connectivity index (χ0n) is 22.5. The Morgan fingerprint density at radius 3 is 2.08 bits per heavy atom. The molecule has 0 radical (unpaired) electrons. The first-order valence-corrected chi connectivity index (χ1v) is 12.8. The summed E-state index contributed by atoms with van der Waals surface area (Å²) in [6, 6.07) is 20.0. The van der Waals surface area contributed by atoms with Gasteiger partial charge in [-0.2, -0.15) is 0 Å². The fourth-order valence-electron chi connectivity index (χ4n) is 4.48. The molecule has 0 atom stereocenters. The summed E-state index contributed by atoms with van der Waals surface area (Å²) in [7, 11) is 4.85. The van der Waals surface area contributed by atoms with Gasteiger partial charge in [0.15, 0.2) is 0 Å². The summed E-state index contributed by atoms with van der Waals surface area (Å²) >= 11 is 0. The number of piperazine rings is 1. The average molecular weight is 534 g/mol. The van der Waals surface area contributed by atoms with E-state index in [1.165, 1.54) is 0 Å². The number of anilines is 4. The van der Waals surface area contributed by atoms with E-state index < -0.39 is 6.03 Å². The van der Waals surface area contributed by atoms with Crippen molar-refractivity contribution in [1.82, 2.24) is 5.32 Å². The quantitative estimate of drug-likeness (QED) is 0.338. The van der Waals surface area contributed by atoms with Crippen molar-refractivity contribution in [2.75, 3.05) is 81.1 Å². The molecule has 10 heteroatoms. The van der Waals surface area contributed by atoms with Crippen LogP contribution in [0.25, 0.3) is 0 Å². The number of hydrogen-bond donors (Lipinski definition) is 3. The lowest BCUT2D eigenvalue weighted by molar-refractivity contribution is 0.0937. The van der Waals surface area contributed by atoms with Crippen molar-refractivity contribution in [2.45, 2.75) is 0 Å². The highest BCUT2D eigenvalue weighted by Crippen LogP contribution is 2.31. The summed E-state index contributed by atoms with van der Waals surface area (Å²) in [6.07, 6.45) is 0. The van der Waals surface area contributed by atoms with Crippen LogP contribution in [-0.4, -0.2) is 72.6 Å². The van der Waals surface area contributed by atoms with E-state index in [1.807, 2.05) is 30.3 Å². The average Bonchev–Trinajstić information content (AvgIpc) is 2.97. The number of carbonyl (C=O) groups is 2. The summed E-state index contributed by atoms with van der Waals surface area (Å²) in [5.74, 6) is 1.31. The van der Waals surface area contributed by atoms with Gasteiger partial charge >= 0.3 is 6.03 Å². The zero-order chi connectivity index (χ0) is 27.6. The van der Waals surface area contributed by atoms with Crippen LogP contribution < -0.4 is 35.2 Å². The van der Waals surface area contributed by atoms with Gasteiger partial charge in [-0.3, -0.25) is 4.79 Å². The molecule has 3 amide bonds. The van der Waals surface area contributed by atoms with Crippen LogP contribution in [0.2, 0.25) is 0 Å². The first-order chi connectivity index (χ1) is 19.0. The molecule has 10 nitrogen and oxygen atoms in total. The van der Waals surface area contributed by atoms with Gasteiger partial charge in [-0.15, -0.1) is 0 Å². The van der Waals surface area contributed by atoms with Crippen molar-refractivity contribution in [2.24, 2.45) is 0 Å². The van der Waals surface area contributed by atoms with Crippen LogP contribution in [0.1, 0.15) is 10.4 Å². The number of benzene rings is 3. The molecule has 0 bridgehead atoms. The lowest BCUT2D eigenvalue weighted by Gasteiger charge is -2.38. The van der Waals surface area contributed by atoms with E-state index in [-0.39, 0.29) is 5.91 Å². The van der Waals surface area contributed by atoms with Crippen LogP contribution in [0.15, 0.2) is 66.7 Å². The van der Waals surface area contributed by atoms with Crippen LogP contribution >= 0.6 is 0 Å². The van der Waals surface area contributed by atoms with Gasteiger partial charge in [0, 0.05) is 56.9 Å². The number of methoxy groups -OCH3 is 3. The second-order valence-corrected chi connectivity index (χ2v) is 8.93. The Balaban J connectivity index is 1.48. The van der Waals surface area contributed by atoms with Gasteiger partial charge in [0.05, 0.1) is 32.1 Å². The Labute approximate surface area is 228 Å². The molecule has 0 aromatic heterocycles. The van der Waals surface area contributed by atoms with Crippen LogP contribution in [0.5, 0.6) is 11.5 Å². The molecule has 3 aromatic carbocycles. The predicted molar refractivity (Wildman–Crippen MR) is 154 cm³/mol. The molecule has 4 rings (SSSR count). The fourth-order valence-corrected chi connectivity index (χ4v) is 4.48. The first-order valence-electron chi connectivity index (χ1n) is 12.8. The number of nitrogens with zero attached hydrogens (tertiary/aromatic N) is 2. The molecule has 0 aliphatic carbocycles. The molecular formula is C29H35N5O5. The Morgan fingerprint density at radius 2 is 1.41 bits per heavy atom. The third-order valence-electron chi connectivity index (χ3n) is 6.48. The molecule has 3 aromatic rings. The van der Waals surface area contributed by atoms with E-state index in [0.29, 0.717) is 35.8 Å². The smallest absolute Gasteiger partial charge is 0.323 e. The summed E-state index contributed by atoms with van der Waals surface area (Å²) in [6.45, 7) is 3.78. The van der Waals surface area contributed by atoms with Crippen molar-refractivity contribution >= 4 is 34.7 Å². The van der Waals surface area contributed by atoms with Crippen molar-refractivity contribution < 1.29 is 23.8 Å². The Kier molecular flexibility index (Phi) is 9.47. The number of rotatable bonds is 10. The number of para-hydroxylation sites is 2. The van der Waals surface area contributed by atoms with E-state index in [0.717, 1.165) is 43.3 Å². The SMILES string of the molecule is COCCNC(=O)c1cc(NC(=O)Nc2ccc(OC)cc2)ccc1N1CCN(c2ccccc2OC)CC1. The lowest BCUT2D eigenvalue weighted by Crippen LogP contribution is -2.47. The van der Waals surface area contributed by atoms with Crippen molar-refractivity contribution in [3.05, 3.63) is 72.3 Å². The predicted octanol–water partition coefficient (Wildman–Crippen LogP) is 4.05. The fraction of sp³-hybridized carbons (Fsp3) is 0.310. The van der Waals surface area contributed by atoms with Gasteiger partial charge in [-0.05, 0) is 54.6 Å². The van der Waals surface area contributed by atoms with Gasteiger partial charge in [0.25, 0.3) is 5.91 Å². The normalized spacial score (nSPS) is 13.0. The molecule has 1 saturated heterocycles. The van der Waals surface area contributed by atoms with Crippen molar-refractivity contribution in [3.8, 4) is 11.5 Å². The van der Waals surface area contributed by atoms with E-state index in [1.54, 1.807) is 51.7 Å². The minimum Gasteiger partial charge on any atom is -0.497 e. The minimum absolute atomic E-state index is 0.228. The highest BCUT2D eigenvalue weighted by Gasteiger charge is 2.24. The van der Waals surface area contributed by atoms with Gasteiger partial charge in [-0.1, -0.05) is 12.1 Å². The van der Waals surface area contributed by atoms with E-state index in [9.17, 15) is 9.59 Å². The number of nitrogens with one attached hydrogen (secondary N) is 3. The Bertz CT molecular complexity index is 1260. The molecule has 1 fully saturated rings. The topological polar surface area (TPSA) is 104 Å². The highest BCUT2D eigenvalue weighted by molar-refractivity contribution is 6.04. The molecule has 0 spiro atoms. The van der Waals surface area contributed by atoms with Crippen LogP contribution in [0.4, 0.5) is 27.5 Å². The molecular weight excluding hydrogens is 498 g/mol. The molecule has 39 heavy (non-hydrogen) atoms. The maximum atomic E-state index is 13.2. The Hall–Kier alpha value is -4.44. The third kappa shape index (κ3) is 7.11. The zero-order valence-corrected chi connectivity index (χ0v) is 22.5. The molecule has 1 aliphatic rings. The molecule has 206 valence electrons. The standard InChI is InChI=1S/C29H35N5O5/c1-37-19-14-30-28(35)24-20-22(32-29(36)31-21-8-11-23(38-2)12-9-21)10-13-25(24)33-15-17-34(18-16-33)26-6-4-5-7-27(26)39-3/h4-13,20H,14-19H2,1-3H3,(H,30,35)(H2,31,32,36). The summed E-state index contributed by atoms with van der Waals surface area (Å²) < 4.78 is 15.8. The van der Waals surface area contributed by atoms with Crippen LogP contribution in [0, 0.1) is 0 Å². The second-order valence-electron chi connectivity index (χ2n) is 8.93. The molecule has 0 saturated carbocycles. The summed E-state index contributed by atoms with van der Waals surface area (Å²) in [5.41, 5.74) is 3.48. The Morgan fingerprint density at radius 1 is 0.769 bits per heavy atom. The number of amides is 3. The first kappa shape index (κ1) is 27.6. The van der Waals surface area contributed by atoms with Crippen molar-refractivity contribution in [1.29, 1.82) is 0 Å². The molecule has 1 heterocycles. The highest BCUT2D eigenvalue weighted by atomic mass is 16.5. The number of hydrogen-bond acceptors (Lipinski definition) is 7. The van der Waals surface area contributed by atoms with Crippen LogP contribution in [0.3, 0.4) is 0 Å². The third-order valence-corrected chi connectivity index (χ3v) is 6.48. The van der Waals surface area contributed by atoms with Gasteiger partial charge in [-0.25, -0.2) is 4.79 Å². The maximum absolute atomic E-state index is 13.2. The van der Waals surface area contributed by atoms with Crippen molar-refractivity contribution in [3.63, 3.8) is 0 Å². The van der Waals surface area contributed by atoms with Gasteiger partial charge < -0.3 is 40.0 Å². The minimum atomic E-state index is -0.413.